The molecule has 1 aliphatic heterocycles. The monoisotopic (exact) mass is 442 g/mol. The molecule has 0 aromatic heterocycles. The molecule has 1 aromatic rings. The number of aliphatic carboxylic acids is 1. The van der Waals surface area contributed by atoms with Crippen LogP contribution in [0.5, 0.6) is 0 Å². The van der Waals surface area contributed by atoms with Crippen molar-refractivity contribution >= 4 is 11.9 Å². The zero-order valence-electron chi connectivity index (χ0n) is 18.8. The summed E-state index contributed by atoms with van der Waals surface area (Å²) in [5.41, 5.74) is 2.45. The molecular weight excluding hydrogens is 409 g/mol. The Morgan fingerprint density at radius 2 is 1.71 bits per heavy atom. The molecule has 174 valence electrons. The molecule has 0 spiro atoms. The van der Waals surface area contributed by atoms with Crippen molar-refractivity contribution in [3.05, 3.63) is 35.4 Å². The van der Waals surface area contributed by atoms with Crippen LogP contribution in [0.15, 0.2) is 24.3 Å². The maximum atomic E-state index is 12.6. The van der Waals surface area contributed by atoms with Crippen LogP contribution in [0.25, 0.3) is 0 Å². The van der Waals surface area contributed by atoms with Crippen LogP contribution in [0.4, 0.5) is 13.2 Å². The van der Waals surface area contributed by atoms with Gasteiger partial charge in [0.1, 0.15) is 0 Å². The van der Waals surface area contributed by atoms with Crippen molar-refractivity contribution < 1.29 is 27.9 Å². The highest BCUT2D eigenvalue weighted by atomic mass is 19.4. The Morgan fingerprint density at radius 1 is 1.16 bits per heavy atom. The fraction of sp³-hybridized carbons (Fsp3) is 0.652. The van der Waals surface area contributed by atoms with Gasteiger partial charge in [-0.15, -0.1) is 0 Å². The first kappa shape index (κ1) is 25.2. The first-order valence-corrected chi connectivity index (χ1v) is 10.7. The maximum Gasteiger partial charge on any atom is 0.490 e. The predicted octanol–water partition coefficient (Wildman–Crippen LogP) is 4.60. The van der Waals surface area contributed by atoms with E-state index in [9.17, 15) is 18.0 Å². The number of nitrogens with one attached hydrogen (secondary N) is 1. The Labute approximate surface area is 182 Å². The van der Waals surface area contributed by atoms with Crippen LogP contribution in [0.1, 0.15) is 64.1 Å². The minimum absolute atomic E-state index is 0.156. The number of carbonyl (C=O) groups is 2. The second-order valence-electron chi connectivity index (χ2n) is 9.64. The molecule has 1 heterocycles. The Morgan fingerprint density at radius 3 is 2.19 bits per heavy atom. The number of carbonyl (C=O) groups excluding carboxylic acids is 1. The lowest BCUT2D eigenvalue weighted by Crippen LogP contribution is -2.40. The number of carboxylic acid groups (broad SMARTS) is 1. The van der Waals surface area contributed by atoms with Crippen molar-refractivity contribution in [1.82, 2.24) is 10.2 Å². The lowest BCUT2D eigenvalue weighted by atomic mass is 9.91. The van der Waals surface area contributed by atoms with Gasteiger partial charge in [0.2, 0.25) is 5.91 Å². The number of halogens is 3. The van der Waals surface area contributed by atoms with Gasteiger partial charge in [0.25, 0.3) is 0 Å². The van der Waals surface area contributed by atoms with Gasteiger partial charge >= 0.3 is 12.1 Å². The van der Waals surface area contributed by atoms with Crippen LogP contribution < -0.4 is 5.32 Å². The van der Waals surface area contributed by atoms with Gasteiger partial charge in [-0.3, -0.25) is 4.79 Å². The third-order valence-corrected chi connectivity index (χ3v) is 6.08. The first-order chi connectivity index (χ1) is 14.3. The molecule has 2 aliphatic rings. The third kappa shape index (κ3) is 6.21. The van der Waals surface area contributed by atoms with E-state index in [1.165, 1.54) is 24.1 Å². The smallest absolute Gasteiger partial charge is 0.475 e. The van der Waals surface area contributed by atoms with Gasteiger partial charge in [-0.2, -0.15) is 13.2 Å². The van der Waals surface area contributed by atoms with Gasteiger partial charge in [0, 0.05) is 36.9 Å². The summed E-state index contributed by atoms with van der Waals surface area (Å²) < 4.78 is 31.7. The summed E-state index contributed by atoms with van der Waals surface area (Å²) in [6.07, 6.45) is -3.85. The first-order valence-electron chi connectivity index (χ1n) is 10.7. The molecule has 1 aromatic carbocycles. The Hall–Kier alpha value is -2.09. The van der Waals surface area contributed by atoms with Crippen LogP contribution in [0.2, 0.25) is 0 Å². The zero-order chi connectivity index (χ0) is 23.6. The van der Waals surface area contributed by atoms with E-state index in [1.807, 2.05) is 20.8 Å². The molecule has 2 N–H and O–H groups in total. The molecule has 5 nitrogen and oxygen atoms in total. The third-order valence-electron chi connectivity index (χ3n) is 6.08. The number of benzene rings is 1. The molecule has 0 radical (unpaired) electrons. The van der Waals surface area contributed by atoms with Gasteiger partial charge in [-0.25, -0.2) is 4.79 Å². The number of carboxylic acids is 1. The van der Waals surface area contributed by atoms with Crippen LogP contribution in [-0.2, 0) is 9.59 Å². The van der Waals surface area contributed by atoms with E-state index in [0.29, 0.717) is 11.8 Å². The summed E-state index contributed by atoms with van der Waals surface area (Å²) in [5.74, 6) is -0.786. The lowest BCUT2D eigenvalue weighted by molar-refractivity contribution is -0.192. The number of hydrogen-bond donors (Lipinski definition) is 2. The molecular formula is C23H33F3N2O3. The summed E-state index contributed by atoms with van der Waals surface area (Å²) in [5, 5.41) is 10.5. The number of fused-ring (bicyclic) bond motifs is 3. The largest absolute Gasteiger partial charge is 0.490 e. The topological polar surface area (TPSA) is 69.6 Å². The minimum atomic E-state index is -5.08. The molecule has 3 rings (SSSR count). The lowest BCUT2D eigenvalue weighted by Gasteiger charge is -2.27. The van der Waals surface area contributed by atoms with E-state index in [-0.39, 0.29) is 17.4 Å². The van der Waals surface area contributed by atoms with E-state index in [4.69, 9.17) is 9.90 Å². The number of hydrogen-bond acceptors (Lipinski definition) is 3. The van der Waals surface area contributed by atoms with Gasteiger partial charge in [-0.1, -0.05) is 65.3 Å². The summed E-state index contributed by atoms with van der Waals surface area (Å²) >= 11 is 0. The van der Waals surface area contributed by atoms with Crippen molar-refractivity contribution in [3.8, 4) is 0 Å². The Bertz CT molecular complexity index is 789. The Kier molecular flexibility index (Phi) is 7.79. The van der Waals surface area contributed by atoms with Crippen molar-refractivity contribution in [3.63, 3.8) is 0 Å². The van der Waals surface area contributed by atoms with Crippen molar-refractivity contribution in [2.75, 3.05) is 19.6 Å². The van der Waals surface area contributed by atoms with Crippen LogP contribution in [-0.4, -0.2) is 47.7 Å². The minimum Gasteiger partial charge on any atom is -0.475 e. The van der Waals surface area contributed by atoms with E-state index in [2.05, 4.69) is 48.3 Å². The van der Waals surface area contributed by atoms with E-state index >= 15 is 0 Å². The number of nitrogens with zero attached hydrogens (tertiary/aromatic N) is 1. The molecule has 1 saturated heterocycles. The molecule has 1 fully saturated rings. The number of likely N-dealkylation sites (tertiary alicyclic amines) is 1. The van der Waals surface area contributed by atoms with E-state index in [0.717, 1.165) is 19.0 Å². The highest BCUT2D eigenvalue weighted by molar-refractivity contribution is 5.82. The van der Waals surface area contributed by atoms with Crippen molar-refractivity contribution in [2.45, 2.75) is 59.2 Å². The molecule has 4 atom stereocenters. The standard InChI is InChI=1S/C21H32N2O.C2HF3O2/c1-6-14(2)11-23-12-17-15-9-7-8-10-16(15)19(18(17)13-23)22-20(24)21(3,4)5;3-2(4,5)1(6)7/h7-10,14,17-19H,6,11-13H2,1-5H3,(H,22,24);(H,6,7)/t14?,17-,18-,19+;/m0./s1. The highest BCUT2D eigenvalue weighted by Crippen LogP contribution is 2.49. The zero-order valence-corrected chi connectivity index (χ0v) is 18.8. The van der Waals surface area contributed by atoms with Gasteiger partial charge in [0.05, 0.1) is 6.04 Å². The van der Waals surface area contributed by atoms with Gasteiger partial charge in [0.15, 0.2) is 0 Å². The van der Waals surface area contributed by atoms with Crippen molar-refractivity contribution in [1.29, 1.82) is 0 Å². The average molecular weight is 443 g/mol. The molecule has 0 saturated carbocycles. The van der Waals surface area contributed by atoms with Gasteiger partial charge < -0.3 is 15.3 Å². The molecule has 31 heavy (non-hydrogen) atoms. The number of alkyl halides is 3. The molecule has 1 aliphatic carbocycles. The predicted molar refractivity (Wildman–Crippen MR) is 113 cm³/mol. The molecule has 0 bridgehead atoms. The maximum absolute atomic E-state index is 12.6. The summed E-state index contributed by atoms with van der Waals surface area (Å²) in [4.78, 5) is 24.1. The molecule has 1 unspecified atom stereocenters. The van der Waals surface area contributed by atoms with E-state index in [1.54, 1.807) is 0 Å². The van der Waals surface area contributed by atoms with Gasteiger partial charge in [-0.05, 0) is 17.0 Å². The van der Waals surface area contributed by atoms with Crippen molar-refractivity contribution in [2.24, 2.45) is 17.3 Å². The van der Waals surface area contributed by atoms with Crippen LogP contribution >= 0.6 is 0 Å². The van der Waals surface area contributed by atoms with Crippen LogP contribution in [0.3, 0.4) is 0 Å². The van der Waals surface area contributed by atoms with E-state index < -0.39 is 12.1 Å². The molecule has 8 heteroatoms. The quantitative estimate of drug-likeness (QED) is 0.715. The summed E-state index contributed by atoms with van der Waals surface area (Å²) in [7, 11) is 0. The fourth-order valence-corrected chi connectivity index (χ4v) is 4.20. The second-order valence-corrected chi connectivity index (χ2v) is 9.64. The summed E-state index contributed by atoms with van der Waals surface area (Å²) in [6, 6.07) is 8.89. The highest BCUT2D eigenvalue weighted by Gasteiger charge is 2.47. The second kappa shape index (κ2) is 9.59. The SMILES string of the molecule is CCC(C)CN1C[C@@H]2[C@H](NC(=O)C(C)(C)C)c3ccccc3[C@@H]2C1.O=C(O)C(F)(F)F. The number of amides is 1. The van der Waals surface area contributed by atoms with Crippen LogP contribution in [0, 0.1) is 17.3 Å². The fourth-order valence-electron chi connectivity index (χ4n) is 4.20. The summed E-state index contributed by atoms with van der Waals surface area (Å²) in [6.45, 7) is 14.0. The Balaban J connectivity index is 0.000000423. The molecule has 1 amide bonds. The average Bonchev–Trinajstić information content (AvgIpc) is 3.18. The normalized spacial score (nSPS) is 23.9. The number of rotatable bonds is 4.